The summed E-state index contributed by atoms with van der Waals surface area (Å²) >= 11 is 1.53. The van der Waals surface area contributed by atoms with Crippen LogP contribution in [0.2, 0.25) is 0 Å². The van der Waals surface area contributed by atoms with Crippen molar-refractivity contribution in [3.8, 4) is 0 Å². The van der Waals surface area contributed by atoms with Gasteiger partial charge in [0.05, 0.1) is 28.5 Å². The van der Waals surface area contributed by atoms with Crippen molar-refractivity contribution in [3.05, 3.63) is 39.9 Å². The maximum Gasteiger partial charge on any atom is 0.269 e. The summed E-state index contributed by atoms with van der Waals surface area (Å²) in [6, 6.07) is 6.21. The molecule has 2 atom stereocenters. The van der Waals surface area contributed by atoms with Crippen molar-refractivity contribution in [2.75, 3.05) is 18.6 Å². The molecule has 2 aliphatic heterocycles. The molecule has 0 bridgehead atoms. The quantitative estimate of drug-likeness (QED) is 0.608. The minimum atomic E-state index is -2.96. The van der Waals surface area contributed by atoms with Gasteiger partial charge in [0.2, 0.25) is 0 Å². The monoisotopic (exact) mass is 341 g/mol. The zero-order chi connectivity index (χ0) is 15.9. The molecule has 1 saturated heterocycles. The Kier molecular flexibility index (Phi) is 3.85. The Bertz CT molecular complexity index is 730. The first-order valence-electron chi connectivity index (χ1n) is 6.73. The molecule has 118 valence electrons. The average molecular weight is 341 g/mol. The fourth-order valence-corrected chi connectivity index (χ4v) is 5.64. The fourth-order valence-electron chi connectivity index (χ4n) is 2.68. The van der Waals surface area contributed by atoms with Gasteiger partial charge in [-0.05, 0) is 5.56 Å². The lowest BCUT2D eigenvalue weighted by atomic mass is 10.2. The highest BCUT2D eigenvalue weighted by molar-refractivity contribution is 8.13. The number of aliphatic imine (C=N–C) groups is 1. The van der Waals surface area contributed by atoms with E-state index in [4.69, 9.17) is 0 Å². The number of amidine groups is 1. The third-order valence-electron chi connectivity index (χ3n) is 3.88. The van der Waals surface area contributed by atoms with Crippen molar-refractivity contribution in [1.29, 1.82) is 0 Å². The van der Waals surface area contributed by atoms with Gasteiger partial charge >= 0.3 is 0 Å². The second-order valence-electron chi connectivity index (χ2n) is 5.45. The second kappa shape index (κ2) is 5.54. The van der Waals surface area contributed by atoms with Crippen LogP contribution in [-0.4, -0.2) is 54.0 Å². The van der Waals surface area contributed by atoms with Gasteiger partial charge in [0.25, 0.3) is 5.69 Å². The van der Waals surface area contributed by atoms with Crippen molar-refractivity contribution in [2.45, 2.75) is 17.8 Å². The Hall–Kier alpha value is -1.61. The van der Waals surface area contributed by atoms with Crippen LogP contribution in [0.5, 0.6) is 0 Å². The van der Waals surface area contributed by atoms with Crippen LogP contribution < -0.4 is 0 Å². The van der Waals surface area contributed by atoms with Crippen LogP contribution in [-0.2, 0) is 15.6 Å². The van der Waals surface area contributed by atoms with Crippen molar-refractivity contribution in [3.63, 3.8) is 0 Å². The molecule has 1 aromatic carbocycles. The van der Waals surface area contributed by atoms with Gasteiger partial charge in [0.1, 0.15) is 0 Å². The molecule has 0 aliphatic carbocycles. The van der Waals surface area contributed by atoms with E-state index in [0.717, 1.165) is 10.7 Å². The van der Waals surface area contributed by atoms with Gasteiger partial charge in [-0.2, -0.15) is 0 Å². The Balaban J connectivity index is 1.64. The van der Waals surface area contributed by atoms with Gasteiger partial charge in [-0.3, -0.25) is 15.1 Å². The summed E-state index contributed by atoms with van der Waals surface area (Å²) in [5.41, 5.74) is 1.04. The number of sulfone groups is 1. The van der Waals surface area contributed by atoms with Gasteiger partial charge < -0.3 is 4.90 Å². The SMILES string of the molecule is CN1C(SCc2ccc([N+](=O)[O-])cc2)=N[C@H]2CS(=O)(=O)C[C@@H]21. The predicted octanol–water partition coefficient (Wildman–Crippen LogP) is 1.29. The highest BCUT2D eigenvalue weighted by Gasteiger charge is 2.44. The standard InChI is InChI=1S/C13H15N3O4S2/c1-15-12-8-22(19,20)7-11(12)14-13(15)21-6-9-2-4-10(5-3-9)16(17)18/h2-5,11-12H,6-8H2,1H3/t11-,12-/m0/s1. The summed E-state index contributed by atoms with van der Waals surface area (Å²) in [5, 5.41) is 11.4. The molecule has 0 N–H and O–H groups in total. The lowest BCUT2D eigenvalue weighted by Gasteiger charge is -2.20. The molecule has 9 heteroatoms. The molecular weight excluding hydrogens is 326 g/mol. The van der Waals surface area contributed by atoms with Crippen LogP contribution in [0.15, 0.2) is 29.3 Å². The highest BCUT2D eigenvalue weighted by Crippen LogP contribution is 2.31. The van der Waals surface area contributed by atoms with Gasteiger partial charge in [-0.15, -0.1) is 0 Å². The number of hydrogen-bond donors (Lipinski definition) is 0. The zero-order valence-electron chi connectivity index (χ0n) is 11.9. The number of fused-ring (bicyclic) bond motifs is 1. The van der Waals surface area contributed by atoms with Crippen LogP contribution >= 0.6 is 11.8 Å². The lowest BCUT2D eigenvalue weighted by Crippen LogP contribution is -2.35. The third kappa shape index (κ3) is 2.95. The topological polar surface area (TPSA) is 92.9 Å². The third-order valence-corrected chi connectivity index (χ3v) is 6.71. The van der Waals surface area contributed by atoms with E-state index in [0.29, 0.717) is 5.75 Å². The number of non-ortho nitro benzene ring substituents is 1. The van der Waals surface area contributed by atoms with Gasteiger partial charge in [-0.1, -0.05) is 23.9 Å². The molecule has 2 aliphatic rings. The first kappa shape index (κ1) is 15.3. The van der Waals surface area contributed by atoms with Gasteiger partial charge in [-0.25, -0.2) is 8.42 Å². The minimum Gasteiger partial charge on any atom is -0.348 e. The van der Waals surface area contributed by atoms with E-state index >= 15 is 0 Å². The highest BCUT2D eigenvalue weighted by atomic mass is 32.2. The molecule has 3 rings (SSSR count). The predicted molar refractivity (Wildman–Crippen MR) is 85.8 cm³/mol. The average Bonchev–Trinajstić information content (AvgIpc) is 2.91. The van der Waals surface area contributed by atoms with Crippen LogP contribution in [0.1, 0.15) is 5.56 Å². The lowest BCUT2D eigenvalue weighted by molar-refractivity contribution is -0.384. The summed E-state index contributed by atoms with van der Waals surface area (Å²) in [6.07, 6.45) is 0. The van der Waals surface area contributed by atoms with Crippen LogP contribution in [0.3, 0.4) is 0 Å². The molecule has 0 aromatic heterocycles. The molecule has 0 saturated carbocycles. The van der Waals surface area contributed by atoms with Gasteiger partial charge in [0, 0.05) is 24.9 Å². The number of nitro benzene ring substituents is 1. The van der Waals surface area contributed by atoms with E-state index in [2.05, 4.69) is 4.99 Å². The largest absolute Gasteiger partial charge is 0.348 e. The van der Waals surface area contributed by atoms with Crippen LogP contribution in [0.25, 0.3) is 0 Å². The Morgan fingerprint density at radius 1 is 1.36 bits per heavy atom. The van der Waals surface area contributed by atoms with E-state index < -0.39 is 14.8 Å². The van der Waals surface area contributed by atoms with Crippen LogP contribution in [0, 0.1) is 10.1 Å². The normalized spacial score (nSPS) is 25.9. The Morgan fingerprint density at radius 3 is 2.64 bits per heavy atom. The van der Waals surface area contributed by atoms with Gasteiger partial charge in [0.15, 0.2) is 15.0 Å². The zero-order valence-corrected chi connectivity index (χ0v) is 13.5. The Morgan fingerprint density at radius 2 is 2.05 bits per heavy atom. The molecule has 0 spiro atoms. The summed E-state index contributed by atoms with van der Waals surface area (Å²) in [4.78, 5) is 16.6. The Labute approximate surface area is 132 Å². The van der Waals surface area contributed by atoms with Crippen molar-refractivity contribution in [1.82, 2.24) is 4.90 Å². The molecule has 0 amide bonds. The summed E-state index contributed by atoms with van der Waals surface area (Å²) in [6.45, 7) is 0. The summed E-state index contributed by atoms with van der Waals surface area (Å²) < 4.78 is 23.2. The summed E-state index contributed by atoms with van der Waals surface area (Å²) in [5.74, 6) is 0.941. The molecule has 1 fully saturated rings. The van der Waals surface area contributed by atoms with Crippen molar-refractivity contribution >= 4 is 32.5 Å². The van der Waals surface area contributed by atoms with E-state index in [9.17, 15) is 18.5 Å². The second-order valence-corrected chi connectivity index (χ2v) is 8.54. The molecule has 0 unspecified atom stereocenters. The maximum atomic E-state index is 11.6. The van der Waals surface area contributed by atoms with E-state index in [1.807, 2.05) is 11.9 Å². The van der Waals surface area contributed by atoms with Crippen molar-refractivity contribution < 1.29 is 13.3 Å². The smallest absolute Gasteiger partial charge is 0.269 e. The van der Waals surface area contributed by atoms with Crippen molar-refractivity contribution in [2.24, 2.45) is 4.99 Å². The number of thioether (sulfide) groups is 1. The number of nitro groups is 1. The first-order chi connectivity index (χ1) is 10.4. The number of rotatable bonds is 3. The molecule has 1 aromatic rings. The van der Waals surface area contributed by atoms with Crippen LogP contribution in [0.4, 0.5) is 5.69 Å². The molecule has 0 radical (unpaired) electrons. The number of hydrogen-bond acceptors (Lipinski definition) is 7. The van der Waals surface area contributed by atoms with E-state index in [1.165, 1.54) is 23.9 Å². The molecule has 7 nitrogen and oxygen atoms in total. The molecular formula is C13H15N3O4S2. The van der Waals surface area contributed by atoms with E-state index in [1.54, 1.807) is 12.1 Å². The maximum absolute atomic E-state index is 11.6. The number of likely N-dealkylation sites (N-methyl/N-ethyl adjacent to an activating group) is 1. The van der Waals surface area contributed by atoms with E-state index in [-0.39, 0.29) is 29.3 Å². The summed E-state index contributed by atoms with van der Waals surface area (Å²) in [7, 11) is -1.10. The molecule has 2 heterocycles. The minimum absolute atomic E-state index is 0.0515. The first-order valence-corrected chi connectivity index (χ1v) is 9.53. The fraction of sp³-hybridized carbons (Fsp3) is 0.462. The molecule has 22 heavy (non-hydrogen) atoms. The number of benzene rings is 1. The number of nitrogens with zero attached hydrogens (tertiary/aromatic N) is 3.